The standard InChI is InChI=1S/C28H27F2NO6/c1-28(2,3)37-24(32)16-31(26(33)25-22(29)9-6-10-23(25)30)20-7-5-8-21(15-20)36-17-18-11-13-19(14-12-18)27(34)35-4/h5-15H,16-17H2,1-4H3. The number of carbonyl (C=O) groups is 3. The van der Waals surface area contributed by atoms with E-state index < -0.39 is 47.2 Å². The summed E-state index contributed by atoms with van der Waals surface area (Å²) < 4.78 is 44.6. The quantitative estimate of drug-likeness (QED) is 0.381. The van der Waals surface area contributed by atoms with Crippen molar-refractivity contribution in [3.8, 4) is 5.75 Å². The van der Waals surface area contributed by atoms with Crippen LogP contribution in [0, 0.1) is 11.6 Å². The van der Waals surface area contributed by atoms with Crippen molar-refractivity contribution < 1.29 is 37.4 Å². The molecule has 194 valence electrons. The van der Waals surface area contributed by atoms with Crippen molar-refractivity contribution in [2.75, 3.05) is 18.6 Å². The van der Waals surface area contributed by atoms with E-state index in [0.717, 1.165) is 28.7 Å². The van der Waals surface area contributed by atoms with Crippen LogP contribution in [0.4, 0.5) is 14.5 Å². The lowest BCUT2D eigenvalue weighted by Gasteiger charge is -2.26. The van der Waals surface area contributed by atoms with Gasteiger partial charge in [-0.2, -0.15) is 0 Å². The summed E-state index contributed by atoms with van der Waals surface area (Å²) in [6.07, 6.45) is 0. The zero-order valence-corrected chi connectivity index (χ0v) is 20.9. The molecule has 0 saturated carbocycles. The molecule has 3 aromatic carbocycles. The summed E-state index contributed by atoms with van der Waals surface area (Å²) in [6.45, 7) is 4.55. The first kappa shape index (κ1) is 27.3. The molecule has 7 nitrogen and oxygen atoms in total. The molecule has 0 heterocycles. The monoisotopic (exact) mass is 511 g/mol. The van der Waals surface area contributed by atoms with E-state index in [9.17, 15) is 23.2 Å². The van der Waals surface area contributed by atoms with E-state index in [4.69, 9.17) is 9.47 Å². The molecule has 3 aromatic rings. The van der Waals surface area contributed by atoms with Gasteiger partial charge in [-0.15, -0.1) is 0 Å². The van der Waals surface area contributed by atoms with Crippen molar-refractivity contribution in [2.24, 2.45) is 0 Å². The summed E-state index contributed by atoms with van der Waals surface area (Å²) >= 11 is 0. The van der Waals surface area contributed by atoms with Crippen molar-refractivity contribution in [1.29, 1.82) is 0 Å². The lowest BCUT2D eigenvalue weighted by atomic mass is 10.1. The van der Waals surface area contributed by atoms with Gasteiger partial charge in [0, 0.05) is 11.8 Å². The minimum Gasteiger partial charge on any atom is -0.489 e. The number of hydrogen-bond donors (Lipinski definition) is 0. The van der Waals surface area contributed by atoms with Gasteiger partial charge in [-0.05, 0) is 62.7 Å². The molecular weight excluding hydrogens is 484 g/mol. The third-order valence-corrected chi connectivity index (χ3v) is 5.04. The van der Waals surface area contributed by atoms with Crippen LogP contribution in [0.15, 0.2) is 66.7 Å². The number of halogens is 2. The SMILES string of the molecule is COC(=O)c1ccc(COc2cccc(N(CC(=O)OC(C)(C)C)C(=O)c3c(F)cccc3F)c2)cc1. The molecule has 0 saturated heterocycles. The van der Waals surface area contributed by atoms with Gasteiger partial charge in [0.2, 0.25) is 0 Å². The lowest BCUT2D eigenvalue weighted by molar-refractivity contribution is -0.152. The van der Waals surface area contributed by atoms with Gasteiger partial charge in [0.1, 0.15) is 41.7 Å². The lowest BCUT2D eigenvalue weighted by Crippen LogP contribution is -2.39. The van der Waals surface area contributed by atoms with E-state index in [1.54, 1.807) is 57.2 Å². The van der Waals surface area contributed by atoms with Crippen LogP contribution in [-0.2, 0) is 20.9 Å². The summed E-state index contributed by atoms with van der Waals surface area (Å²) in [5.41, 5.74) is -0.290. The van der Waals surface area contributed by atoms with Gasteiger partial charge >= 0.3 is 11.9 Å². The number of nitrogens with zero attached hydrogens (tertiary/aromatic N) is 1. The Morgan fingerprint density at radius 1 is 0.892 bits per heavy atom. The van der Waals surface area contributed by atoms with Gasteiger partial charge in [-0.3, -0.25) is 14.5 Å². The van der Waals surface area contributed by atoms with Crippen molar-refractivity contribution in [1.82, 2.24) is 0 Å². The Bertz CT molecular complexity index is 1260. The van der Waals surface area contributed by atoms with Crippen LogP contribution < -0.4 is 9.64 Å². The molecule has 0 radical (unpaired) electrons. The summed E-state index contributed by atoms with van der Waals surface area (Å²) in [5.74, 6) is -4.03. The highest BCUT2D eigenvalue weighted by atomic mass is 19.1. The van der Waals surface area contributed by atoms with Crippen molar-refractivity contribution in [3.63, 3.8) is 0 Å². The highest BCUT2D eigenvalue weighted by molar-refractivity contribution is 6.08. The third-order valence-electron chi connectivity index (χ3n) is 5.04. The second kappa shape index (κ2) is 11.6. The van der Waals surface area contributed by atoms with Crippen LogP contribution in [0.5, 0.6) is 5.75 Å². The third kappa shape index (κ3) is 7.36. The van der Waals surface area contributed by atoms with Gasteiger partial charge < -0.3 is 14.2 Å². The predicted molar refractivity (Wildman–Crippen MR) is 132 cm³/mol. The first-order valence-corrected chi connectivity index (χ1v) is 11.4. The van der Waals surface area contributed by atoms with E-state index in [1.807, 2.05) is 0 Å². The van der Waals surface area contributed by atoms with E-state index in [-0.39, 0.29) is 12.3 Å². The maximum atomic E-state index is 14.4. The highest BCUT2D eigenvalue weighted by Gasteiger charge is 2.28. The van der Waals surface area contributed by atoms with Crippen LogP contribution >= 0.6 is 0 Å². The molecule has 0 atom stereocenters. The second-order valence-electron chi connectivity index (χ2n) is 9.05. The maximum absolute atomic E-state index is 14.4. The molecule has 3 rings (SSSR count). The Balaban J connectivity index is 1.86. The van der Waals surface area contributed by atoms with Crippen LogP contribution in [0.25, 0.3) is 0 Å². The van der Waals surface area contributed by atoms with Gasteiger partial charge in [-0.1, -0.05) is 24.3 Å². The molecule has 0 spiro atoms. The Labute approximate surface area is 213 Å². The molecule has 0 aliphatic rings. The molecule has 0 fully saturated rings. The minimum atomic E-state index is -1.05. The number of ether oxygens (including phenoxy) is 3. The van der Waals surface area contributed by atoms with Crippen LogP contribution in [0.1, 0.15) is 47.1 Å². The van der Waals surface area contributed by atoms with E-state index in [0.29, 0.717) is 11.3 Å². The molecule has 0 aromatic heterocycles. The summed E-state index contributed by atoms with van der Waals surface area (Å²) in [6, 6.07) is 15.9. The zero-order valence-electron chi connectivity index (χ0n) is 20.9. The number of esters is 2. The highest BCUT2D eigenvalue weighted by Crippen LogP contribution is 2.26. The fourth-order valence-electron chi connectivity index (χ4n) is 3.38. The normalized spacial score (nSPS) is 11.0. The van der Waals surface area contributed by atoms with Gasteiger partial charge in [0.05, 0.1) is 12.7 Å². The Morgan fingerprint density at radius 3 is 2.11 bits per heavy atom. The van der Waals surface area contributed by atoms with E-state index in [1.165, 1.54) is 19.2 Å². The number of hydrogen-bond acceptors (Lipinski definition) is 6. The summed E-state index contributed by atoms with van der Waals surface area (Å²) in [5, 5.41) is 0. The minimum absolute atomic E-state index is 0.132. The number of benzene rings is 3. The molecular formula is C28H27F2NO6. The van der Waals surface area contributed by atoms with Crippen LogP contribution in [-0.4, -0.2) is 37.1 Å². The van der Waals surface area contributed by atoms with E-state index >= 15 is 0 Å². The molecule has 0 unspecified atom stereocenters. The Morgan fingerprint density at radius 2 is 1.51 bits per heavy atom. The summed E-state index contributed by atoms with van der Waals surface area (Å²) in [4.78, 5) is 38.4. The largest absolute Gasteiger partial charge is 0.489 e. The number of anilines is 1. The van der Waals surface area contributed by atoms with Crippen molar-refractivity contribution in [2.45, 2.75) is 33.0 Å². The Hall–Kier alpha value is -4.27. The average Bonchev–Trinajstić information content (AvgIpc) is 2.85. The molecule has 9 heteroatoms. The smallest absolute Gasteiger partial charge is 0.337 e. The van der Waals surface area contributed by atoms with Crippen LogP contribution in [0.3, 0.4) is 0 Å². The van der Waals surface area contributed by atoms with Crippen LogP contribution in [0.2, 0.25) is 0 Å². The number of methoxy groups -OCH3 is 1. The van der Waals surface area contributed by atoms with Crippen molar-refractivity contribution >= 4 is 23.5 Å². The molecule has 1 amide bonds. The molecule has 0 aliphatic carbocycles. The molecule has 37 heavy (non-hydrogen) atoms. The predicted octanol–water partition coefficient (Wildman–Crippen LogP) is 5.32. The second-order valence-corrected chi connectivity index (χ2v) is 9.05. The topological polar surface area (TPSA) is 82.1 Å². The Kier molecular flexibility index (Phi) is 8.60. The van der Waals surface area contributed by atoms with Gasteiger partial charge in [-0.25, -0.2) is 13.6 Å². The average molecular weight is 512 g/mol. The van der Waals surface area contributed by atoms with E-state index in [2.05, 4.69) is 4.74 Å². The molecule has 0 N–H and O–H groups in total. The number of rotatable bonds is 8. The number of amides is 1. The summed E-state index contributed by atoms with van der Waals surface area (Å²) in [7, 11) is 1.30. The molecule has 0 bridgehead atoms. The van der Waals surface area contributed by atoms with Crippen molar-refractivity contribution in [3.05, 3.63) is 95.1 Å². The first-order chi connectivity index (χ1) is 17.5. The first-order valence-electron chi connectivity index (χ1n) is 11.4. The van der Waals surface area contributed by atoms with Gasteiger partial charge in [0.25, 0.3) is 5.91 Å². The number of carbonyl (C=O) groups excluding carboxylic acids is 3. The van der Waals surface area contributed by atoms with Gasteiger partial charge in [0.15, 0.2) is 0 Å². The fourth-order valence-corrected chi connectivity index (χ4v) is 3.38. The fraction of sp³-hybridized carbons (Fsp3) is 0.250. The zero-order chi connectivity index (χ0) is 27.2. The maximum Gasteiger partial charge on any atom is 0.337 e. The molecule has 0 aliphatic heterocycles.